The first-order valence-corrected chi connectivity index (χ1v) is 8.16. The zero-order valence-electron chi connectivity index (χ0n) is 12.0. The zero-order chi connectivity index (χ0) is 19.0. The van der Waals surface area contributed by atoms with Crippen LogP contribution in [0.5, 0.6) is 0 Å². The number of carbonyl (C=O) groups is 1. The Balaban J connectivity index is 2.51. The minimum absolute atomic E-state index is 0.0465. The SMILES string of the molecule is Nc1cnc(C(=O)O)c(NS(=O)(=O)c2ccc(Cl)c(C(F)(F)F)c2)c1. The second kappa shape index (κ2) is 6.41. The summed E-state index contributed by atoms with van der Waals surface area (Å²) < 4.78 is 65.0. The van der Waals surface area contributed by atoms with Gasteiger partial charge in [0.1, 0.15) is 0 Å². The molecule has 0 aliphatic rings. The molecule has 0 fully saturated rings. The van der Waals surface area contributed by atoms with Crippen LogP contribution in [0.1, 0.15) is 16.1 Å². The molecule has 0 saturated carbocycles. The number of nitrogen functional groups attached to an aromatic ring is 1. The number of nitrogens with one attached hydrogen (secondary N) is 1. The van der Waals surface area contributed by atoms with Gasteiger partial charge in [0, 0.05) is 0 Å². The fraction of sp³-hybridized carbons (Fsp3) is 0.0769. The Morgan fingerprint density at radius 3 is 2.48 bits per heavy atom. The van der Waals surface area contributed by atoms with Crippen LogP contribution in [0.3, 0.4) is 0 Å². The average Bonchev–Trinajstić information content (AvgIpc) is 2.45. The highest BCUT2D eigenvalue weighted by Gasteiger charge is 2.34. The fourth-order valence-electron chi connectivity index (χ4n) is 1.82. The Kier molecular flexibility index (Phi) is 4.82. The molecule has 0 radical (unpaired) electrons. The Bertz CT molecular complexity index is 948. The predicted molar refractivity (Wildman–Crippen MR) is 82.9 cm³/mol. The van der Waals surface area contributed by atoms with Crippen LogP contribution >= 0.6 is 11.6 Å². The van der Waals surface area contributed by atoms with Crippen molar-refractivity contribution in [1.29, 1.82) is 0 Å². The molecule has 0 aliphatic carbocycles. The van der Waals surface area contributed by atoms with E-state index in [0.29, 0.717) is 6.07 Å². The normalized spacial score (nSPS) is 12.0. The molecule has 0 spiro atoms. The lowest BCUT2D eigenvalue weighted by Gasteiger charge is -2.13. The van der Waals surface area contributed by atoms with Crippen molar-refractivity contribution in [2.24, 2.45) is 0 Å². The molecular formula is C13H9ClF3N3O4S. The number of halogens is 4. The van der Waals surface area contributed by atoms with Gasteiger partial charge in [0.15, 0.2) is 5.69 Å². The topological polar surface area (TPSA) is 122 Å². The van der Waals surface area contributed by atoms with E-state index in [-0.39, 0.29) is 5.69 Å². The first-order chi connectivity index (χ1) is 11.4. The highest BCUT2D eigenvalue weighted by Crippen LogP contribution is 2.36. The van der Waals surface area contributed by atoms with Gasteiger partial charge in [-0.2, -0.15) is 13.2 Å². The van der Waals surface area contributed by atoms with Gasteiger partial charge in [-0.25, -0.2) is 18.2 Å². The van der Waals surface area contributed by atoms with Gasteiger partial charge < -0.3 is 10.8 Å². The number of rotatable bonds is 4. The molecule has 4 N–H and O–H groups in total. The highest BCUT2D eigenvalue weighted by atomic mass is 35.5. The van der Waals surface area contributed by atoms with Gasteiger partial charge in [-0.1, -0.05) is 11.6 Å². The number of aromatic carboxylic acids is 1. The molecule has 1 heterocycles. The molecule has 2 aromatic rings. The first-order valence-electron chi connectivity index (χ1n) is 6.30. The molecule has 0 amide bonds. The van der Waals surface area contributed by atoms with Crippen molar-refractivity contribution in [3.05, 3.63) is 46.7 Å². The van der Waals surface area contributed by atoms with Gasteiger partial charge in [-0.3, -0.25) is 4.72 Å². The maximum atomic E-state index is 12.9. The number of hydrogen-bond donors (Lipinski definition) is 3. The number of hydrogen-bond acceptors (Lipinski definition) is 5. The van der Waals surface area contributed by atoms with Crippen LogP contribution in [-0.2, 0) is 16.2 Å². The maximum absolute atomic E-state index is 12.9. The molecule has 1 aromatic heterocycles. The lowest BCUT2D eigenvalue weighted by Crippen LogP contribution is -2.18. The van der Waals surface area contributed by atoms with E-state index in [1.807, 2.05) is 4.72 Å². The summed E-state index contributed by atoms with van der Waals surface area (Å²) in [5.74, 6) is -1.55. The molecule has 12 heteroatoms. The Hall–Kier alpha value is -2.53. The number of carboxylic acids is 1. The van der Waals surface area contributed by atoms with Gasteiger partial charge in [0.2, 0.25) is 0 Å². The number of benzene rings is 1. The maximum Gasteiger partial charge on any atom is 0.417 e. The van der Waals surface area contributed by atoms with Crippen molar-refractivity contribution in [1.82, 2.24) is 4.98 Å². The second-order valence-corrected chi connectivity index (χ2v) is 6.80. The predicted octanol–water partition coefficient (Wildman–Crippen LogP) is 2.83. The van der Waals surface area contributed by atoms with Gasteiger partial charge in [0.05, 0.1) is 33.1 Å². The lowest BCUT2D eigenvalue weighted by molar-refractivity contribution is -0.137. The van der Waals surface area contributed by atoms with Gasteiger partial charge in [0.25, 0.3) is 10.0 Å². The summed E-state index contributed by atoms with van der Waals surface area (Å²) >= 11 is 5.44. The van der Waals surface area contributed by atoms with Crippen molar-refractivity contribution in [3.63, 3.8) is 0 Å². The summed E-state index contributed by atoms with van der Waals surface area (Å²) in [4.78, 5) is 13.8. The molecule has 0 aliphatic heterocycles. The summed E-state index contributed by atoms with van der Waals surface area (Å²) in [5.41, 5.74) is 2.88. The minimum atomic E-state index is -4.87. The summed E-state index contributed by atoms with van der Waals surface area (Å²) in [7, 11) is -4.55. The highest BCUT2D eigenvalue weighted by molar-refractivity contribution is 7.92. The second-order valence-electron chi connectivity index (χ2n) is 4.71. The van der Waals surface area contributed by atoms with E-state index in [9.17, 15) is 26.4 Å². The third kappa shape index (κ3) is 4.12. The molecule has 1 aromatic carbocycles. The zero-order valence-corrected chi connectivity index (χ0v) is 13.6. The quantitative estimate of drug-likeness (QED) is 0.731. The van der Waals surface area contributed by atoms with Crippen molar-refractivity contribution in [2.75, 3.05) is 10.5 Å². The largest absolute Gasteiger partial charge is 0.476 e. The van der Waals surface area contributed by atoms with Gasteiger partial charge in [-0.15, -0.1) is 0 Å². The number of anilines is 2. The van der Waals surface area contributed by atoms with Crippen molar-refractivity contribution >= 4 is 39.0 Å². The fourth-order valence-corrected chi connectivity index (χ4v) is 3.13. The molecule has 0 unspecified atom stereocenters. The third-order valence-corrected chi connectivity index (χ3v) is 4.60. The van der Waals surface area contributed by atoms with Crippen LogP contribution in [0.2, 0.25) is 5.02 Å². The summed E-state index contributed by atoms with van der Waals surface area (Å²) in [6.45, 7) is 0. The van der Waals surface area contributed by atoms with Crippen molar-refractivity contribution in [2.45, 2.75) is 11.1 Å². The first kappa shape index (κ1) is 18.8. The molecule has 2 rings (SSSR count). The number of pyridine rings is 1. The van der Waals surface area contributed by atoms with Gasteiger partial charge in [-0.05, 0) is 24.3 Å². The van der Waals surface area contributed by atoms with Crippen LogP contribution in [0.15, 0.2) is 35.4 Å². The number of aromatic nitrogens is 1. The van der Waals surface area contributed by atoms with Crippen LogP contribution in [0, 0.1) is 0 Å². The molecule has 134 valence electrons. The van der Waals surface area contributed by atoms with Crippen LogP contribution in [0.25, 0.3) is 0 Å². The standard InChI is InChI=1S/C13H9ClF3N3O4S/c14-9-2-1-7(4-8(9)13(15,16)17)25(23,24)20-10-3-6(18)5-19-11(10)12(21)22/h1-5,20H,18H2,(H,21,22). The van der Waals surface area contributed by atoms with E-state index in [1.54, 1.807) is 0 Å². The average molecular weight is 396 g/mol. The minimum Gasteiger partial charge on any atom is -0.476 e. The summed E-state index contributed by atoms with van der Waals surface area (Å²) in [6, 6.07) is 2.94. The van der Waals surface area contributed by atoms with E-state index < -0.39 is 49.0 Å². The van der Waals surface area contributed by atoms with Crippen molar-refractivity contribution < 1.29 is 31.5 Å². The van der Waals surface area contributed by atoms with Crippen LogP contribution in [-0.4, -0.2) is 24.5 Å². The van der Waals surface area contributed by atoms with Gasteiger partial charge >= 0.3 is 12.1 Å². The molecule has 25 heavy (non-hydrogen) atoms. The van der Waals surface area contributed by atoms with E-state index >= 15 is 0 Å². The van der Waals surface area contributed by atoms with E-state index in [0.717, 1.165) is 24.4 Å². The molecule has 0 saturated heterocycles. The number of nitrogens with two attached hydrogens (primary N) is 1. The smallest absolute Gasteiger partial charge is 0.417 e. The van der Waals surface area contributed by atoms with E-state index in [1.165, 1.54) is 0 Å². The number of nitrogens with zero attached hydrogens (tertiary/aromatic N) is 1. The molecule has 7 nitrogen and oxygen atoms in total. The van der Waals surface area contributed by atoms with Crippen LogP contribution < -0.4 is 10.5 Å². The van der Waals surface area contributed by atoms with Crippen LogP contribution in [0.4, 0.5) is 24.5 Å². The lowest BCUT2D eigenvalue weighted by atomic mass is 10.2. The third-order valence-electron chi connectivity index (χ3n) is 2.91. The van der Waals surface area contributed by atoms with E-state index in [4.69, 9.17) is 22.4 Å². The Morgan fingerprint density at radius 1 is 1.28 bits per heavy atom. The van der Waals surface area contributed by atoms with E-state index in [2.05, 4.69) is 4.98 Å². The monoisotopic (exact) mass is 395 g/mol. The molecule has 0 atom stereocenters. The summed E-state index contributed by atoms with van der Waals surface area (Å²) in [5, 5.41) is 8.33. The number of alkyl halides is 3. The Morgan fingerprint density at radius 2 is 1.92 bits per heavy atom. The molecular weight excluding hydrogens is 387 g/mol. The summed E-state index contributed by atoms with van der Waals surface area (Å²) in [6.07, 6.45) is -3.88. The number of sulfonamides is 1. The molecule has 0 bridgehead atoms. The van der Waals surface area contributed by atoms with Crippen molar-refractivity contribution in [3.8, 4) is 0 Å². The number of carboxylic acid groups (broad SMARTS) is 1. The Labute approximate surface area is 144 Å².